The third-order valence-corrected chi connectivity index (χ3v) is 11.1. The molecule has 4 atom stereocenters. The average Bonchev–Trinajstić information content (AvgIpc) is 2.84. The summed E-state index contributed by atoms with van der Waals surface area (Å²) in [5.74, 6) is 7.31. The van der Waals surface area contributed by atoms with Gasteiger partial charge in [0.1, 0.15) is 0 Å². The summed E-state index contributed by atoms with van der Waals surface area (Å²) in [4.78, 5) is 0. The summed E-state index contributed by atoms with van der Waals surface area (Å²) in [6.07, 6.45) is 30.6. The lowest BCUT2D eigenvalue weighted by Crippen LogP contribution is -2.50. The number of hydrogen-bond donors (Lipinski definition) is 0. The number of hydrazone groups is 1. The fourth-order valence-electron chi connectivity index (χ4n) is 9.86. The van der Waals surface area contributed by atoms with Crippen molar-refractivity contribution in [3.8, 4) is 0 Å². The topological polar surface area (TPSA) is 15.6 Å². The van der Waals surface area contributed by atoms with Gasteiger partial charge >= 0.3 is 0 Å². The van der Waals surface area contributed by atoms with Crippen LogP contribution in [-0.2, 0) is 0 Å². The van der Waals surface area contributed by atoms with Crippen molar-refractivity contribution in [1.29, 1.82) is 0 Å². The first-order valence-corrected chi connectivity index (χ1v) is 14.7. The van der Waals surface area contributed by atoms with Crippen LogP contribution < -0.4 is 0 Å². The summed E-state index contributed by atoms with van der Waals surface area (Å²) in [5.41, 5.74) is 0. The van der Waals surface area contributed by atoms with Gasteiger partial charge in [-0.15, -0.1) is 0 Å². The minimum absolute atomic E-state index is 0.748. The van der Waals surface area contributed by atoms with Gasteiger partial charge in [-0.2, -0.15) is 5.10 Å². The standard InChI is InChI=1S/C29H48N2/c1-3-10-26(11-4-1)31(27-12-5-2-6-13-27)30-20-21-18-24-16-14-22-8-7-9-23-15-17-25(19-21)29(24)28(22)23/h20-29H,1-19H2. The molecule has 31 heavy (non-hydrogen) atoms. The van der Waals surface area contributed by atoms with Crippen molar-refractivity contribution in [3.05, 3.63) is 0 Å². The fourth-order valence-corrected chi connectivity index (χ4v) is 9.86. The van der Waals surface area contributed by atoms with E-state index in [1.165, 1.54) is 77.0 Å². The second kappa shape index (κ2) is 9.38. The van der Waals surface area contributed by atoms with E-state index in [0.29, 0.717) is 0 Å². The molecule has 6 aliphatic carbocycles. The van der Waals surface area contributed by atoms with Gasteiger partial charge in [-0.3, -0.25) is 5.01 Å². The molecule has 6 fully saturated rings. The monoisotopic (exact) mass is 424 g/mol. The molecule has 0 heterocycles. The van der Waals surface area contributed by atoms with E-state index in [9.17, 15) is 0 Å². The van der Waals surface area contributed by atoms with Crippen LogP contribution in [0.3, 0.4) is 0 Å². The minimum Gasteiger partial charge on any atom is -0.291 e. The Balaban J connectivity index is 1.16. The predicted octanol–water partition coefficient (Wildman–Crippen LogP) is 7.82. The zero-order chi connectivity index (χ0) is 20.6. The van der Waals surface area contributed by atoms with E-state index in [0.717, 1.165) is 53.5 Å². The molecule has 6 aliphatic rings. The lowest BCUT2D eigenvalue weighted by Gasteiger charge is -2.58. The lowest BCUT2D eigenvalue weighted by atomic mass is 9.47. The molecule has 0 aromatic rings. The minimum atomic E-state index is 0.748. The van der Waals surface area contributed by atoms with Crippen molar-refractivity contribution in [2.75, 3.05) is 0 Å². The highest BCUT2D eigenvalue weighted by Gasteiger charge is 2.52. The summed E-state index contributed by atoms with van der Waals surface area (Å²) >= 11 is 0. The zero-order valence-corrected chi connectivity index (χ0v) is 20.1. The van der Waals surface area contributed by atoms with Crippen LogP contribution in [0.2, 0.25) is 0 Å². The molecule has 0 radical (unpaired) electrons. The predicted molar refractivity (Wildman–Crippen MR) is 130 cm³/mol. The van der Waals surface area contributed by atoms with Crippen LogP contribution in [-0.4, -0.2) is 23.3 Å². The Morgan fingerprint density at radius 2 is 0.968 bits per heavy atom. The molecule has 0 aliphatic heterocycles. The first-order valence-electron chi connectivity index (χ1n) is 14.7. The average molecular weight is 425 g/mol. The van der Waals surface area contributed by atoms with E-state index in [-0.39, 0.29) is 0 Å². The van der Waals surface area contributed by atoms with Gasteiger partial charge in [0.2, 0.25) is 0 Å². The Kier molecular flexibility index (Phi) is 6.36. The number of rotatable bonds is 4. The molecule has 0 spiro atoms. The second-order valence-electron chi connectivity index (χ2n) is 12.7. The molecule has 4 unspecified atom stereocenters. The van der Waals surface area contributed by atoms with Gasteiger partial charge in [-0.25, -0.2) is 0 Å². The molecule has 6 rings (SSSR count). The van der Waals surface area contributed by atoms with E-state index in [2.05, 4.69) is 11.2 Å². The van der Waals surface area contributed by atoms with E-state index in [1.54, 1.807) is 44.9 Å². The van der Waals surface area contributed by atoms with E-state index in [4.69, 9.17) is 5.10 Å². The molecule has 6 saturated carbocycles. The first-order chi connectivity index (χ1) is 15.4. The third-order valence-electron chi connectivity index (χ3n) is 11.1. The number of nitrogens with zero attached hydrogens (tertiary/aromatic N) is 2. The highest BCUT2D eigenvalue weighted by molar-refractivity contribution is 5.60. The molecule has 0 aromatic heterocycles. The van der Waals surface area contributed by atoms with Gasteiger partial charge in [0, 0.05) is 18.3 Å². The zero-order valence-electron chi connectivity index (χ0n) is 20.1. The van der Waals surface area contributed by atoms with Crippen molar-refractivity contribution in [3.63, 3.8) is 0 Å². The van der Waals surface area contributed by atoms with Crippen molar-refractivity contribution in [2.45, 2.75) is 134 Å². The van der Waals surface area contributed by atoms with Crippen LogP contribution in [0, 0.1) is 41.4 Å². The van der Waals surface area contributed by atoms with Crippen LogP contribution in [0.1, 0.15) is 122 Å². The van der Waals surface area contributed by atoms with Gasteiger partial charge in [0.05, 0.1) is 0 Å². The van der Waals surface area contributed by atoms with Crippen molar-refractivity contribution >= 4 is 6.21 Å². The molecular formula is C29H48N2. The van der Waals surface area contributed by atoms with Crippen molar-refractivity contribution in [1.82, 2.24) is 5.01 Å². The second-order valence-corrected chi connectivity index (χ2v) is 12.7. The summed E-state index contributed by atoms with van der Waals surface area (Å²) in [6, 6.07) is 1.50. The van der Waals surface area contributed by atoms with Gasteiger partial charge in [0.25, 0.3) is 0 Å². The highest BCUT2D eigenvalue weighted by Crippen LogP contribution is 2.60. The fraction of sp³-hybridized carbons (Fsp3) is 0.966. The van der Waals surface area contributed by atoms with Gasteiger partial charge in [-0.1, -0.05) is 57.8 Å². The van der Waals surface area contributed by atoms with E-state index in [1.807, 2.05) is 0 Å². The maximum atomic E-state index is 5.40. The molecule has 0 saturated heterocycles. The van der Waals surface area contributed by atoms with Crippen LogP contribution in [0.15, 0.2) is 5.10 Å². The lowest BCUT2D eigenvalue weighted by molar-refractivity contribution is -0.0818. The van der Waals surface area contributed by atoms with Crippen LogP contribution in [0.25, 0.3) is 0 Å². The summed E-state index contributed by atoms with van der Waals surface area (Å²) in [5, 5.41) is 8.08. The molecular weight excluding hydrogens is 376 g/mol. The number of hydrogen-bond acceptors (Lipinski definition) is 2. The maximum Gasteiger partial charge on any atom is 0.0473 e. The Labute approximate surface area is 192 Å². The van der Waals surface area contributed by atoms with E-state index < -0.39 is 0 Å². The van der Waals surface area contributed by atoms with Crippen LogP contribution in [0.4, 0.5) is 0 Å². The third kappa shape index (κ3) is 4.23. The molecule has 0 bridgehead atoms. The first kappa shape index (κ1) is 21.0. The SMILES string of the molecule is C(=NN(C1CCCCC1)C1CCCCC1)C1CC2CCC3CCCC4CCC(C1)C2C34. The quantitative estimate of drug-likeness (QED) is 0.332. The molecule has 174 valence electrons. The van der Waals surface area contributed by atoms with Gasteiger partial charge < -0.3 is 0 Å². The Hall–Kier alpha value is -0.530. The Bertz CT molecular complexity index is 572. The summed E-state index contributed by atoms with van der Waals surface area (Å²) < 4.78 is 0. The largest absolute Gasteiger partial charge is 0.291 e. The van der Waals surface area contributed by atoms with Crippen LogP contribution >= 0.6 is 0 Å². The highest BCUT2D eigenvalue weighted by atomic mass is 15.5. The van der Waals surface area contributed by atoms with Crippen molar-refractivity contribution < 1.29 is 0 Å². The maximum absolute atomic E-state index is 5.40. The Morgan fingerprint density at radius 3 is 1.52 bits per heavy atom. The normalized spacial score (nSPS) is 44.2. The molecule has 0 amide bonds. The van der Waals surface area contributed by atoms with Gasteiger partial charge in [0.15, 0.2) is 0 Å². The molecule has 0 aromatic carbocycles. The van der Waals surface area contributed by atoms with Crippen molar-refractivity contribution in [2.24, 2.45) is 46.5 Å². The smallest absolute Gasteiger partial charge is 0.0473 e. The summed E-state index contributed by atoms with van der Waals surface area (Å²) in [6.45, 7) is 0. The molecule has 0 N–H and O–H groups in total. The van der Waals surface area contributed by atoms with Gasteiger partial charge in [-0.05, 0) is 106 Å². The Morgan fingerprint density at radius 1 is 0.484 bits per heavy atom. The van der Waals surface area contributed by atoms with Crippen LogP contribution in [0.5, 0.6) is 0 Å². The molecule has 2 nitrogen and oxygen atoms in total. The van der Waals surface area contributed by atoms with E-state index >= 15 is 0 Å². The molecule has 2 heteroatoms. The summed E-state index contributed by atoms with van der Waals surface area (Å²) in [7, 11) is 0.